The predicted molar refractivity (Wildman–Crippen MR) is 62.3 cm³/mol. The third-order valence-electron chi connectivity index (χ3n) is 1.99. The van der Waals surface area contributed by atoms with E-state index in [9.17, 15) is 13.6 Å². The molecule has 0 aromatic carbocycles. The van der Waals surface area contributed by atoms with E-state index in [2.05, 4.69) is 9.72 Å². The molecule has 0 aliphatic heterocycles. The van der Waals surface area contributed by atoms with E-state index in [0.717, 1.165) is 6.07 Å². The van der Waals surface area contributed by atoms with Gasteiger partial charge in [0, 0.05) is 5.56 Å². The maximum Gasteiger partial charge on any atom is 0.310 e. The van der Waals surface area contributed by atoms with Gasteiger partial charge in [-0.15, -0.1) is 0 Å². The lowest BCUT2D eigenvalue weighted by atomic mass is 10.1. The lowest BCUT2D eigenvalue weighted by Gasteiger charge is -2.07. The Hall–Kier alpha value is -1.30. The van der Waals surface area contributed by atoms with Crippen molar-refractivity contribution in [2.75, 3.05) is 7.11 Å². The summed E-state index contributed by atoms with van der Waals surface area (Å²) in [5.74, 6) is -0.607. The number of hydrogen-bond acceptors (Lipinski definition) is 4. The second-order valence-corrected chi connectivity index (χ2v) is 4.06. The molecule has 0 fully saturated rings. The Labute approximate surface area is 110 Å². The van der Waals surface area contributed by atoms with Gasteiger partial charge in [-0.1, -0.05) is 0 Å². The summed E-state index contributed by atoms with van der Waals surface area (Å²) >= 11 is 1.63. The molecule has 7 heteroatoms. The van der Waals surface area contributed by atoms with Gasteiger partial charge < -0.3 is 4.74 Å². The normalized spacial score (nSPS) is 10.1. The summed E-state index contributed by atoms with van der Waals surface area (Å²) in [7, 11) is 1.18. The Balaban J connectivity index is 3.23. The van der Waals surface area contributed by atoms with Crippen LogP contribution in [0.4, 0.5) is 8.78 Å². The Morgan fingerprint density at radius 2 is 2.35 bits per heavy atom. The third kappa shape index (κ3) is 3.33. The van der Waals surface area contributed by atoms with Gasteiger partial charge in [-0.3, -0.25) is 4.79 Å². The van der Waals surface area contributed by atoms with Gasteiger partial charge in [0.05, 0.1) is 19.1 Å². The average Bonchev–Trinajstić information content (AvgIpc) is 2.30. The number of nitriles is 1. The average molecular weight is 352 g/mol. The summed E-state index contributed by atoms with van der Waals surface area (Å²) in [4.78, 5) is 14.8. The van der Waals surface area contributed by atoms with Crippen molar-refractivity contribution < 1.29 is 18.3 Å². The van der Waals surface area contributed by atoms with Crippen LogP contribution in [-0.4, -0.2) is 18.1 Å². The highest BCUT2D eigenvalue weighted by Crippen LogP contribution is 2.25. The number of halogens is 3. The van der Waals surface area contributed by atoms with Gasteiger partial charge >= 0.3 is 5.97 Å². The van der Waals surface area contributed by atoms with Gasteiger partial charge in [-0.05, 0) is 28.7 Å². The van der Waals surface area contributed by atoms with Gasteiger partial charge in [0.1, 0.15) is 15.5 Å². The number of hydrogen-bond donors (Lipinski definition) is 0. The maximum atomic E-state index is 12.6. The van der Waals surface area contributed by atoms with Crippen molar-refractivity contribution in [3.63, 3.8) is 0 Å². The Bertz CT molecular complexity index is 486. The first-order valence-corrected chi connectivity index (χ1v) is 5.51. The van der Waals surface area contributed by atoms with Crippen molar-refractivity contribution in [1.29, 1.82) is 5.26 Å². The topological polar surface area (TPSA) is 63.0 Å². The first-order chi connectivity index (χ1) is 7.99. The fraction of sp³-hybridized carbons (Fsp3) is 0.300. The van der Waals surface area contributed by atoms with Gasteiger partial charge in [-0.2, -0.15) is 5.26 Å². The first-order valence-electron chi connectivity index (χ1n) is 4.44. The maximum absolute atomic E-state index is 12.6. The highest BCUT2D eigenvalue weighted by Gasteiger charge is 2.18. The molecule has 17 heavy (non-hydrogen) atoms. The van der Waals surface area contributed by atoms with Crippen LogP contribution < -0.4 is 0 Å². The van der Waals surface area contributed by atoms with E-state index < -0.39 is 12.4 Å². The summed E-state index contributed by atoms with van der Waals surface area (Å²) in [6, 6.07) is 2.88. The van der Waals surface area contributed by atoms with Gasteiger partial charge in [0.15, 0.2) is 0 Å². The van der Waals surface area contributed by atoms with Crippen LogP contribution in [0.1, 0.15) is 23.2 Å². The minimum atomic E-state index is -2.70. The van der Waals surface area contributed by atoms with E-state index >= 15 is 0 Å². The SMILES string of the molecule is COC(=O)Cc1cc(C(F)F)c(I)nc1C#N. The number of ether oxygens (including phenoxy) is 1. The molecule has 90 valence electrons. The molecule has 0 saturated carbocycles. The minimum absolute atomic E-state index is 0.0378. The molecule has 0 bridgehead atoms. The standard InChI is InChI=1S/C10H7F2IN2O2/c1-17-8(16)3-5-2-6(9(11)12)10(13)15-7(5)4-14/h2,9H,3H2,1H3. The lowest BCUT2D eigenvalue weighted by molar-refractivity contribution is -0.139. The molecule has 4 nitrogen and oxygen atoms in total. The highest BCUT2D eigenvalue weighted by atomic mass is 127. The number of rotatable bonds is 3. The number of esters is 1. The number of carbonyl (C=O) groups excluding carboxylic acids is 1. The summed E-state index contributed by atoms with van der Waals surface area (Å²) < 4.78 is 29.7. The van der Waals surface area contributed by atoms with Crippen LogP contribution in [0.15, 0.2) is 6.07 Å². The van der Waals surface area contributed by atoms with Crippen molar-refractivity contribution in [2.24, 2.45) is 0 Å². The lowest BCUT2D eigenvalue weighted by Crippen LogP contribution is -2.09. The molecular formula is C10H7F2IN2O2. The molecule has 0 aliphatic carbocycles. The van der Waals surface area contributed by atoms with Crippen LogP contribution >= 0.6 is 22.6 Å². The van der Waals surface area contributed by atoms with Gasteiger partial charge in [-0.25, -0.2) is 13.8 Å². The molecule has 1 rings (SSSR count). The number of carbonyl (C=O) groups is 1. The van der Waals surface area contributed by atoms with Crippen LogP contribution in [0.3, 0.4) is 0 Å². The van der Waals surface area contributed by atoms with Crippen molar-refractivity contribution in [1.82, 2.24) is 4.98 Å². The fourth-order valence-electron chi connectivity index (χ4n) is 1.16. The second kappa shape index (κ2) is 5.86. The first kappa shape index (κ1) is 13.8. The number of aromatic nitrogens is 1. The Kier molecular flexibility index (Phi) is 4.74. The van der Waals surface area contributed by atoms with Crippen LogP contribution in [0, 0.1) is 15.0 Å². The highest BCUT2D eigenvalue weighted by molar-refractivity contribution is 14.1. The summed E-state index contributed by atoms with van der Waals surface area (Å²) in [5.41, 5.74) is -0.178. The molecule has 0 unspecified atom stereocenters. The van der Waals surface area contributed by atoms with E-state index in [4.69, 9.17) is 5.26 Å². The van der Waals surface area contributed by atoms with Crippen molar-refractivity contribution in [3.8, 4) is 6.07 Å². The third-order valence-corrected chi connectivity index (χ3v) is 2.85. The van der Waals surface area contributed by atoms with Crippen molar-refractivity contribution in [3.05, 3.63) is 26.6 Å². The molecule has 0 aliphatic rings. The summed E-state index contributed by atoms with van der Waals surface area (Å²) in [6.07, 6.45) is -2.94. The Morgan fingerprint density at radius 3 is 2.82 bits per heavy atom. The molecule has 0 atom stereocenters. The molecule has 0 spiro atoms. The largest absolute Gasteiger partial charge is 0.469 e. The molecule has 0 amide bonds. The van der Waals surface area contributed by atoms with Crippen molar-refractivity contribution in [2.45, 2.75) is 12.8 Å². The molecular weight excluding hydrogens is 345 g/mol. The van der Waals surface area contributed by atoms with E-state index in [1.807, 2.05) is 0 Å². The quantitative estimate of drug-likeness (QED) is 0.475. The van der Waals surface area contributed by atoms with Crippen LogP contribution in [0.25, 0.3) is 0 Å². The number of pyridine rings is 1. The molecule has 0 N–H and O–H groups in total. The number of nitrogens with zero attached hydrogens (tertiary/aromatic N) is 2. The van der Waals surface area contributed by atoms with Crippen LogP contribution in [0.2, 0.25) is 0 Å². The van der Waals surface area contributed by atoms with E-state index in [-0.39, 0.29) is 26.9 Å². The van der Waals surface area contributed by atoms with Crippen molar-refractivity contribution >= 4 is 28.6 Å². The zero-order valence-electron chi connectivity index (χ0n) is 8.71. The minimum Gasteiger partial charge on any atom is -0.469 e. The molecule has 0 radical (unpaired) electrons. The predicted octanol–water partition coefficient (Wildman–Crippen LogP) is 2.21. The number of alkyl halides is 2. The van der Waals surface area contributed by atoms with E-state index in [1.54, 1.807) is 28.7 Å². The Morgan fingerprint density at radius 1 is 1.71 bits per heavy atom. The van der Waals surface area contributed by atoms with E-state index in [1.165, 1.54) is 7.11 Å². The smallest absolute Gasteiger partial charge is 0.310 e. The summed E-state index contributed by atoms with van der Waals surface area (Å²) in [6.45, 7) is 0. The molecule has 1 aromatic heterocycles. The van der Waals surface area contributed by atoms with Crippen LogP contribution in [-0.2, 0) is 16.0 Å². The monoisotopic (exact) mass is 352 g/mol. The second-order valence-electron chi connectivity index (χ2n) is 3.04. The summed E-state index contributed by atoms with van der Waals surface area (Å²) in [5, 5.41) is 8.80. The van der Waals surface area contributed by atoms with Gasteiger partial charge in [0.25, 0.3) is 6.43 Å². The van der Waals surface area contributed by atoms with Crippen LogP contribution in [0.5, 0.6) is 0 Å². The zero-order chi connectivity index (χ0) is 13.0. The van der Waals surface area contributed by atoms with Gasteiger partial charge in [0.2, 0.25) is 0 Å². The fourth-order valence-corrected chi connectivity index (χ4v) is 1.79. The number of methoxy groups -OCH3 is 1. The molecule has 1 heterocycles. The zero-order valence-corrected chi connectivity index (χ0v) is 10.9. The van der Waals surface area contributed by atoms with E-state index in [0.29, 0.717) is 0 Å². The molecule has 0 saturated heterocycles. The molecule has 1 aromatic rings.